The molecule has 7 unspecified atom stereocenters. The molecule has 0 aromatic heterocycles. The van der Waals surface area contributed by atoms with Crippen LogP contribution in [0.5, 0.6) is 0 Å². The molecule has 4 aliphatic rings. The Bertz CT molecular complexity index is 491. The topological polar surface area (TPSA) is 20.2 Å². The maximum atomic E-state index is 13.1. The quantitative estimate of drug-likeness (QED) is 0.444. The second kappa shape index (κ2) is 9.27. The molecule has 9 atom stereocenters. The van der Waals surface area contributed by atoms with E-state index in [2.05, 4.69) is 13.8 Å². The lowest BCUT2D eigenvalue weighted by atomic mass is 9.49. The molecule has 0 heterocycles. The third-order valence-corrected chi connectivity index (χ3v) is 8.68. The van der Waals surface area contributed by atoms with Crippen LogP contribution in [0, 0.1) is 46.8 Å². The summed E-state index contributed by atoms with van der Waals surface area (Å²) in [5.41, 5.74) is 0.0522. The number of hydrogen-bond donors (Lipinski definition) is 1. The Morgan fingerprint density at radius 1 is 0.821 bits per heavy atom. The molecule has 4 saturated carbocycles. The highest BCUT2D eigenvalue weighted by atomic mass is 19.4. The van der Waals surface area contributed by atoms with Gasteiger partial charge >= 0.3 is 6.18 Å². The van der Waals surface area contributed by atoms with Crippen LogP contribution in [0.3, 0.4) is 0 Å². The van der Waals surface area contributed by atoms with E-state index in [9.17, 15) is 18.3 Å². The van der Waals surface area contributed by atoms with E-state index in [1.807, 2.05) is 27.7 Å². The van der Waals surface area contributed by atoms with Gasteiger partial charge in [0.15, 0.2) is 0 Å². The zero-order valence-electron chi connectivity index (χ0n) is 18.9. The summed E-state index contributed by atoms with van der Waals surface area (Å²) in [4.78, 5) is 0. The van der Waals surface area contributed by atoms with Crippen LogP contribution in [-0.4, -0.2) is 17.4 Å². The number of fused-ring (bicyclic) bond motifs is 5. The molecule has 28 heavy (non-hydrogen) atoms. The van der Waals surface area contributed by atoms with Crippen molar-refractivity contribution < 1.29 is 18.3 Å². The van der Waals surface area contributed by atoms with E-state index in [1.165, 1.54) is 0 Å². The number of hydrogen-bond acceptors (Lipinski definition) is 1. The second-order valence-corrected chi connectivity index (χ2v) is 9.68. The highest BCUT2D eigenvalue weighted by Gasteiger charge is 2.59. The fraction of sp³-hybridized carbons (Fsp3) is 1.00. The molecule has 4 rings (SSSR count). The largest absolute Gasteiger partial charge is 0.393 e. The Morgan fingerprint density at radius 3 is 2.04 bits per heavy atom. The molecule has 0 saturated heterocycles. The van der Waals surface area contributed by atoms with Gasteiger partial charge in [0.1, 0.15) is 0 Å². The first-order valence-corrected chi connectivity index (χ1v) is 12.0. The van der Waals surface area contributed by atoms with Gasteiger partial charge in [-0.25, -0.2) is 0 Å². The van der Waals surface area contributed by atoms with E-state index in [0.29, 0.717) is 42.4 Å². The van der Waals surface area contributed by atoms with Crippen LogP contribution in [0.2, 0.25) is 0 Å². The number of aliphatic hydroxyl groups is 1. The van der Waals surface area contributed by atoms with Crippen LogP contribution >= 0.6 is 0 Å². The normalized spacial score (nSPS) is 47.4. The highest BCUT2D eigenvalue weighted by molar-refractivity contribution is 5.08. The molecule has 4 fully saturated rings. The molecule has 0 aliphatic heterocycles. The Morgan fingerprint density at radius 2 is 1.43 bits per heavy atom. The summed E-state index contributed by atoms with van der Waals surface area (Å²) in [5.74, 6) is 2.13. The van der Waals surface area contributed by atoms with Crippen LogP contribution in [0.1, 0.15) is 92.9 Å². The van der Waals surface area contributed by atoms with Gasteiger partial charge in [0.2, 0.25) is 0 Å². The maximum Gasteiger partial charge on any atom is 0.391 e. The summed E-state index contributed by atoms with van der Waals surface area (Å²) in [6, 6.07) is 0. The van der Waals surface area contributed by atoms with Gasteiger partial charge in [-0.05, 0) is 92.3 Å². The molecular weight excluding hydrogens is 361 g/mol. The maximum absolute atomic E-state index is 13.1. The SMILES string of the molecule is CC.CC.C[C@H]1CC(O)C2(C)CCC3C(CCC4CC(C(F)(F)F)CC[C@@H]43)C12. The predicted molar refractivity (Wildman–Crippen MR) is 110 cm³/mol. The minimum Gasteiger partial charge on any atom is -0.393 e. The van der Waals surface area contributed by atoms with E-state index in [4.69, 9.17) is 0 Å². The molecule has 4 heteroatoms. The Kier molecular flexibility index (Phi) is 7.95. The van der Waals surface area contributed by atoms with Gasteiger partial charge < -0.3 is 5.11 Å². The van der Waals surface area contributed by atoms with Crippen LogP contribution < -0.4 is 0 Å². The number of alkyl halides is 3. The molecule has 0 radical (unpaired) electrons. The average Bonchev–Trinajstić information content (AvgIpc) is 2.92. The summed E-state index contributed by atoms with van der Waals surface area (Å²) in [6.45, 7) is 12.6. The fourth-order valence-electron chi connectivity index (χ4n) is 7.65. The third-order valence-electron chi connectivity index (χ3n) is 8.68. The first-order valence-electron chi connectivity index (χ1n) is 12.0. The summed E-state index contributed by atoms with van der Waals surface area (Å²) < 4.78 is 39.4. The van der Waals surface area contributed by atoms with E-state index in [0.717, 1.165) is 38.5 Å². The van der Waals surface area contributed by atoms with Crippen LogP contribution in [0.25, 0.3) is 0 Å². The minimum atomic E-state index is -4.00. The Balaban J connectivity index is 0.000000660. The van der Waals surface area contributed by atoms with Gasteiger partial charge in [-0.1, -0.05) is 41.5 Å². The first kappa shape index (κ1) is 24.0. The summed E-state index contributed by atoms with van der Waals surface area (Å²) in [6.07, 6.45) is 2.47. The smallest absolute Gasteiger partial charge is 0.391 e. The van der Waals surface area contributed by atoms with Crippen molar-refractivity contribution in [1.82, 2.24) is 0 Å². The van der Waals surface area contributed by atoms with Crippen molar-refractivity contribution in [2.24, 2.45) is 46.8 Å². The van der Waals surface area contributed by atoms with Crippen molar-refractivity contribution in [3.05, 3.63) is 0 Å². The van der Waals surface area contributed by atoms with Crippen LogP contribution in [-0.2, 0) is 0 Å². The lowest BCUT2D eigenvalue weighted by molar-refractivity contribution is -0.196. The van der Waals surface area contributed by atoms with E-state index in [-0.39, 0.29) is 17.4 Å². The average molecular weight is 405 g/mol. The van der Waals surface area contributed by atoms with E-state index in [1.54, 1.807) is 0 Å². The standard InChI is InChI=1S/C20H31F3O.2C2H6/c1-11-9-17(24)19(2)8-7-15-14-6-4-13(20(21,22)23)10-12(14)3-5-16(15)18(11)19;2*1-2/h11-18,24H,3-10H2,1-2H3;2*1-2H3/t11-,12?,13?,14-,15?,16?,17?,18?,19?;;/m0../s1. The van der Waals surface area contributed by atoms with Crippen LogP contribution in [0.4, 0.5) is 13.2 Å². The molecule has 0 aromatic rings. The van der Waals surface area contributed by atoms with Gasteiger partial charge in [0.25, 0.3) is 0 Å². The van der Waals surface area contributed by atoms with Crippen molar-refractivity contribution in [2.75, 3.05) is 0 Å². The third kappa shape index (κ3) is 4.14. The zero-order chi connectivity index (χ0) is 21.3. The van der Waals surface area contributed by atoms with Gasteiger partial charge in [0.05, 0.1) is 12.0 Å². The monoisotopic (exact) mass is 404 g/mol. The molecule has 1 N–H and O–H groups in total. The molecule has 0 spiro atoms. The van der Waals surface area contributed by atoms with Crippen molar-refractivity contribution in [1.29, 1.82) is 0 Å². The minimum absolute atomic E-state index is 0.0522. The Labute approximate surface area is 170 Å². The highest BCUT2D eigenvalue weighted by Crippen LogP contribution is 2.64. The van der Waals surface area contributed by atoms with Gasteiger partial charge in [-0.15, -0.1) is 0 Å². The number of aliphatic hydroxyl groups excluding tert-OH is 1. The summed E-state index contributed by atoms with van der Waals surface area (Å²) in [7, 11) is 0. The fourth-order valence-corrected chi connectivity index (χ4v) is 7.65. The number of rotatable bonds is 0. The van der Waals surface area contributed by atoms with Crippen molar-refractivity contribution in [2.45, 2.75) is 105 Å². The molecular formula is C24H43F3O. The first-order chi connectivity index (χ1) is 13.2. The van der Waals surface area contributed by atoms with Crippen molar-refractivity contribution in [3.63, 3.8) is 0 Å². The molecule has 4 aliphatic carbocycles. The van der Waals surface area contributed by atoms with Crippen LogP contribution in [0.15, 0.2) is 0 Å². The van der Waals surface area contributed by atoms with Crippen molar-refractivity contribution >= 4 is 0 Å². The number of halogens is 3. The summed E-state index contributed by atoms with van der Waals surface area (Å²) in [5, 5.41) is 10.6. The van der Waals surface area contributed by atoms with E-state index < -0.39 is 12.1 Å². The van der Waals surface area contributed by atoms with Gasteiger partial charge in [0, 0.05) is 0 Å². The molecule has 166 valence electrons. The Hall–Kier alpha value is -0.250. The van der Waals surface area contributed by atoms with Crippen molar-refractivity contribution in [3.8, 4) is 0 Å². The zero-order valence-corrected chi connectivity index (χ0v) is 18.9. The van der Waals surface area contributed by atoms with Gasteiger partial charge in [-0.3, -0.25) is 0 Å². The van der Waals surface area contributed by atoms with Gasteiger partial charge in [-0.2, -0.15) is 13.2 Å². The molecule has 0 aromatic carbocycles. The molecule has 1 nitrogen and oxygen atoms in total. The predicted octanol–water partition coefficient (Wildman–Crippen LogP) is 7.48. The lowest BCUT2D eigenvalue weighted by Gasteiger charge is -2.56. The van der Waals surface area contributed by atoms with E-state index >= 15 is 0 Å². The lowest BCUT2D eigenvalue weighted by Crippen LogP contribution is -2.51. The molecule has 0 amide bonds. The molecule has 0 bridgehead atoms. The second-order valence-electron chi connectivity index (χ2n) is 9.68. The summed E-state index contributed by atoms with van der Waals surface area (Å²) >= 11 is 0.